The smallest absolute Gasteiger partial charge is 0.343 e. The molecule has 0 atom stereocenters. The topological polar surface area (TPSA) is 59.3 Å². The lowest BCUT2D eigenvalue weighted by Gasteiger charge is -2.08. The van der Waals surface area contributed by atoms with Crippen molar-refractivity contribution in [1.29, 1.82) is 5.26 Å². The van der Waals surface area contributed by atoms with Crippen molar-refractivity contribution in [2.45, 2.75) is 45.4 Å². The van der Waals surface area contributed by atoms with E-state index in [0.29, 0.717) is 23.5 Å². The molecule has 136 valence electrons. The van der Waals surface area contributed by atoms with Gasteiger partial charge in [-0.2, -0.15) is 5.26 Å². The minimum atomic E-state index is -0.449. The molecule has 26 heavy (non-hydrogen) atoms. The molecule has 0 heterocycles. The van der Waals surface area contributed by atoms with Crippen LogP contribution in [0, 0.1) is 11.3 Å². The van der Waals surface area contributed by atoms with E-state index in [1.54, 1.807) is 48.5 Å². The van der Waals surface area contributed by atoms with Crippen molar-refractivity contribution in [3.8, 4) is 17.6 Å². The van der Waals surface area contributed by atoms with Gasteiger partial charge >= 0.3 is 5.97 Å². The van der Waals surface area contributed by atoms with E-state index in [2.05, 4.69) is 6.92 Å². The molecule has 0 N–H and O–H groups in total. The van der Waals surface area contributed by atoms with E-state index in [9.17, 15) is 4.79 Å². The van der Waals surface area contributed by atoms with Gasteiger partial charge in [0.1, 0.15) is 11.5 Å². The second-order valence-electron chi connectivity index (χ2n) is 6.17. The Morgan fingerprint density at radius 1 is 0.885 bits per heavy atom. The fraction of sp³-hybridized carbons (Fsp3) is 0.364. The molecular weight excluding hydrogens is 326 g/mol. The van der Waals surface area contributed by atoms with Gasteiger partial charge in [0.25, 0.3) is 0 Å². The highest BCUT2D eigenvalue weighted by Crippen LogP contribution is 2.19. The number of esters is 1. The van der Waals surface area contributed by atoms with Crippen LogP contribution in [-0.2, 0) is 0 Å². The average molecular weight is 351 g/mol. The van der Waals surface area contributed by atoms with Crippen LogP contribution >= 0.6 is 0 Å². The van der Waals surface area contributed by atoms with Gasteiger partial charge in [-0.15, -0.1) is 0 Å². The third-order valence-electron chi connectivity index (χ3n) is 4.05. The Labute approximate surface area is 155 Å². The Morgan fingerprint density at radius 2 is 1.50 bits per heavy atom. The molecule has 0 aromatic heterocycles. The molecule has 0 aliphatic rings. The van der Waals surface area contributed by atoms with Crippen LogP contribution in [-0.4, -0.2) is 12.6 Å². The summed E-state index contributed by atoms with van der Waals surface area (Å²) in [7, 11) is 0. The van der Waals surface area contributed by atoms with Crippen LogP contribution < -0.4 is 9.47 Å². The molecule has 4 heteroatoms. The normalized spacial score (nSPS) is 10.2. The van der Waals surface area contributed by atoms with Crippen LogP contribution in [0.15, 0.2) is 48.5 Å². The SMILES string of the molecule is CCCCCCCCOc1ccc(OC(=O)c2ccc(C#N)cc2)cc1. The van der Waals surface area contributed by atoms with Gasteiger partial charge in [-0.3, -0.25) is 0 Å². The highest BCUT2D eigenvalue weighted by atomic mass is 16.5. The number of hydrogen-bond donors (Lipinski definition) is 0. The van der Waals surface area contributed by atoms with E-state index in [1.807, 2.05) is 6.07 Å². The predicted molar refractivity (Wildman–Crippen MR) is 101 cm³/mol. The van der Waals surface area contributed by atoms with Gasteiger partial charge in [0.2, 0.25) is 0 Å². The summed E-state index contributed by atoms with van der Waals surface area (Å²) in [5.74, 6) is 0.790. The van der Waals surface area contributed by atoms with E-state index in [1.165, 1.54) is 32.1 Å². The number of carbonyl (C=O) groups is 1. The molecular formula is C22H25NO3. The molecule has 2 rings (SSSR count). The molecule has 0 amide bonds. The van der Waals surface area contributed by atoms with Crippen molar-refractivity contribution in [2.75, 3.05) is 6.61 Å². The summed E-state index contributed by atoms with van der Waals surface area (Å²) in [6, 6.07) is 15.4. The summed E-state index contributed by atoms with van der Waals surface area (Å²) in [5, 5.41) is 8.78. The minimum absolute atomic E-state index is 0.410. The fourth-order valence-electron chi connectivity index (χ4n) is 2.52. The summed E-state index contributed by atoms with van der Waals surface area (Å²) >= 11 is 0. The van der Waals surface area contributed by atoms with Gasteiger partial charge in [0, 0.05) is 0 Å². The molecule has 0 saturated heterocycles. The Balaban J connectivity index is 1.74. The number of unbranched alkanes of at least 4 members (excludes halogenated alkanes) is 5. The number of nitrogens with zero attached hydrogens (tertiary/aromatic N) is 1. The quantitative estimate of drug-likeness (QED) is 0.321. The van der Waals surface area contributed by atoms with Gasteiger partial charge in [-0.05, 0) is 55.0 Å². The second kappa shape index (κ2) is 10.9. The molecule has 2 aromatic rings. The molecule has 2 aromatic carbocycles. The van der Waals surface area contributed by atoms with Crippen molar-refractivity contribution in [2.24, 2.45) is 0 Å². The van der Waals surface area contributed by atoms with Crippen LogP contribution in [0.3, 0.4) is 0 Å². The van der Waals surface area contributed by atoms with Gasteiger partial charge in [0.15, 0.2) is 0 Å². The molecule has 0 aliphatic heterocycles. The van der Waals surface area contributed by atoms with E-state index >= 15 is 0 Å². The van der Waals surface area contributed by atoms with E-state index in [0.717, 1.165) is 12.2 Å². The van der Waals surface area contributed by atoms with Crippen molar-refractivity contribution in [3.63, 3.8) is 0 Å². The third kappa shape index (κ3) is 6.60. The zero-order valence-electron chi connectivity index (χ0n) is 15.2. The lowest BCUT2D eigenvalue weighted by atomic mass is 10.1. The number of ether oxygens (including phenoxy) is 2. The summed E-state index contributed by atoms with van der Waals surface area (Å²) in [6.45, 7) is 2.92. The number of carbonyl (C=O) groups excluding carboxylic acids is 1. The van der Waals surface area contributed by atoms with Gasteiger partial charge in [0.05, 0.1) is 23.8 Å². The van der Waals surface area contributed by atoms with Crippen molar-refractivity contribution in [3.05, 3.63) is 59.7 Å². The zero-order chi connectivity index (χ0) is 18.6. The van der Waals surface area contributed by atoms with E-state index in [-0.39, 0.29) is 0 Å². The molecule has 0 bridgehead atoms. The molecule has 0 fully saturated rings. The zero-order valence-corrected chi connectivity index (χ0v) is 15.2. The molecule has 0 saturated carbocycles. The lowest BCUT2D eigenvalue weighted by molar-refractivity contribution is 0.0734. The van der Waals surface area contributed by atoms with Gasteiger partial charge in [-0.25, -0.2) is 4.79 Å². The molecule has 0 radical (unpaired) electrons. The first-order valence-electron chi connectivity index (χ1n) is 9.18. The predicted octanol–water partition coefficient (Wildman–Crippen LogP) is 5.52. The maximum absolute atomic E-state index is 12.1. The van der Waals surface area contributed by atoms with E-state index < -0.39 is 5.97 Å². The Morgan fingerprint density at radius 3 is 2.15 bits per heavy atom. The Bertz CT molecular complexity index is 715. The molecule has 0 spiro atoms. The number of nitriles is 1. The van der Waals surface area contributed by atoms with Gasteiger partial charge < -0.3 is 9.47 Å². The molecule has 0 unspecified atom stereocenters. The maximum atomic E-state index is 12.1. The van der Waals surface area contributed by atoms with Crippen LogP contribution in [0.2, 0.25) is 0 Å². The van der Waals surface area contributed by atoms with Crippen molar-refractivity contribution in [1.82, 2.24) is 0 Å². The molecule has 0 aliphatic carbocycles. The standard InChI is InChI=1S/C22H25NO3/c1-2-3-4-5-6-7-16-25-20-12-14-21(15-13-20)26-22(24)19-10-8-18(17-23)9-11-19/h8-15H,2-7,16H2,1H3. The lowest BCUT2D eigenvalue weighted by Crippen LogP contribution is -2.08. The maximum Gasteiger partial charge on any atom is 0.343 e. The summed E-state index contributed by atoms with van der Waals surface area (Å²) in [6.07, 6.45) is 7.39. The first-order valence-corrected chi connectivity index (χ1v) is 9.18. The highest BCUT2D eigenvalue weighted by Gasteiger charge is 2.08. The largest absolute Gasteiger partial charge is 0.494 e. The number of hydrogen-bond acceptors (Lipinski definition) is 4. The number of rotatable bonds is 10. The first-order chi connectivity index (χ1) is 12.7. The first kappa shape index (κ1) is 19.5. The van der Waals surface area contributed by atoms with Crippen LogP contribution in [0.4, 0.5) is 0 Å². The van der Waals surface area contributed by atoms with Crippen molar-refractivity contribution >= 4 is 5.97 Å². The summed E-state index contributed by atoms with van der Waals surface area (Å²) in [5.41, 5.74) is 0.917. The van der Waals surface area contributed by atoms with Crippen LogP contribution in [0.1, 0.15) is 61.4 Å². The van der Waals surface area contributed by atoms with Crippen LogP contribution in [0.5, 0.6) is 11.5 Å². The van der Waals surface area contributed by atoms with Gasteiger partial charge in [-0.1, -0.05) is 39.0 Å². The molecule has 4 nitrogen and oxygen atoms in total. The second-order valence-corrected chi connectivity index (χ2v) is 6.17. The number of benzene rings is 2. The van der Waals surface area contributed by atoms with Crippen LogP contribution in [0.25, 0.3) is 0 Å². The Hall–Kier alpha value is -2.80. The van der Waals surface area contributed by atoms with Crippen molar-refractivity contribution < 1.29 is 14.3 Å². The Kier molecular flexibility index (Phi) is 8.21. The third-order valence-corrected chi connectivity index (χ3v) is 4.05. The average Bonchev–Trinajstić information content (AvgIpc) is 2.68. The minimum Gasteiger partial charge on any atom is -0.494 e. The van der Waals surface area contributed by atoms with E-state index in [4.69, 9.17) is 14.7 Å². The summed E-state index contributed by atoms with van der Waals surface area (Å²) in [4.78, 5) is 12.1. The fourth-order valence-corrected chi connectivity index (χ4v) is 2.52. The highest BCUT2D eigenvalue weighted by molar-refractivity contribution is 5.91. The summed E-state index contributed by atoms with van der Waals surface area (Å²) < 4.78 is 11.0. The monoisotopic (exact) mass is 351 g/mol.